The Labute approximate surface area is 173 Å². The van der Waals surface area contributed by atoms with Gasteiger partial charge in [-0.3, -0.25) is 0 Å². The van der Waals surface area contributed by atoms with Crippen molar-refractivity contribution in [2.75, 3.05) is 55.4 Å². The van der Waals surface area contributed by atoms with Crippen molar-refractivity contribution in [1.29, 1.82) is 0 Å². The molecular formula is C19H24N8OS. The van der Waals surface area contributed by atoms with Gasteiger partial charge in [-0.2, -0.15) is 4.52 Å². The van der Waals surface area contributed by atoms with Crippen molar-refractivity contribution in [2.24, 2.45) is 0 Å². The van der Waals surface area contributed by atoms with Crippen LogP contribution in [0.15, 0.2) is 29.7 Å². The van der Waals surface area contributed by atoms with Gasteiger partial charge in [-0.1, -0.05) is 11.8 Å². The van der Waals surface area contributed by atoms with Crippen molar-refractivity contribution in [3.8, 4) is 0 Å². The van der Waals surface area contributed by atoms with Crippen LogP contribution in [0.1, 0.15) is 24.5 Å². The number of hydrogen-bond donors (Lipinski definition) is 0. The lowest BCUT2D eigenvalue weighted by Crippen LogP contribution is -2.47. The Bertz CT molecular complexity index is 981. The molecule has 0 aromatic carbocycles. The Morgan fingerprint density at radius 3 is 2.52 bits per heavy atom. The maximum absolute atomic E-state index is 5.52. The van der Waals surface area contributed by atoms with Crippen molar-refractivity contribution >= 4 is 29.0 Å². The Hall–Kier alpha value is -2.46. The minimum Gasteiger partial charge on any atom is -0.381 e. The van der Waals surface area contributed by atoms with Gasteiger partial charge < -0.3 is 14.5 Å². The number of fused-ring (bicyclic) bond motifs is 1. The van der Waals surface area contributed by atoms with Gasteiger partial charge in [-0.05, 0) is 31.2 Å². The first-order valence-electron chi connectivity index (χ1n) is 9.98. The third kappa shape index (κ3) is 3.86. The lowest BCUT2D eigenvalue weighted by atomic mass is 9.96. The van der Waals surface area contributed by atoms with Crippen LogP contribution in [0.25, 0.3) is 5.65 Å². The summed E-state index contributed by atoms with van der Waals surface area (Å²) in [6.07, 6.45) is 5.75. The number of piperazine rings is 1. The van der Waals surface area contributed by atoms with E-state index in [4.69, 9.17) is 14.7 Å². The summed E-state index contributed by atoms with van der Waals surface area (Å²) in [7, 11) is 0. The number of ether oxygens (including phenoxy) is 1. The molecule has 0 radical (unpaired) electrons. The molecule has 5 rings (SSSR count). The first-order chi connectivity index (χ1) is 14.3. The fraction of sp³-hybridized carbons (Fsp3) is 0.526. The largest absolute Gasteiger partial charge is 0.381 e. The zero-order valence-corrected chi connectivity index (χ0v) is 17.3. The van der Waals surface area contributed by atoms with E-state index < -0.39 is 0 Å². The van der Waals surface area contributed by atoms with E-state index in [9.17, 15) is 0 Å². The minimum atomic E-state index is 0.470. The van der Waals surface area contributed by atoms with E-state index in [0.717, 1.165) is 80.4 Å². The normalized spacial score (nSPS) is 18.5. The summed E-state index contributed by atoms with van der Waals surface area (Å²) in [5.41, 5.74) is 1.92. The maximum Gasteiger partial charge on any atom is 0.189 e. The summed E-state index contributed by atoms with van der Waals surface area (Å²) in [6.45, 7) is 5.24. The Morgan fingerprint density at radius 1 is 1.00 bits per heavy atom. The van der Waals surface area contributed by atoms with Crippen molar-refractivity contribution in [1.82, 2.24) is 29.8 Å². The fourth-order valence-corrected chi connectivity index (χ4v) is 4.32. The zero-order valence-electron chi connectivity index (χ0n) is 16.4. The third-order valence-electron chi connectivity index (χ3n) is 5.61. The number of anilines is 2. The third-order valence-corrected chi connectivity index (χ3v) is 6.16. The molecule has 0 bridgehead atoms. The molecule has 2 aliphatic rings. The highest BCUT2D eigenvalue weighted by Gasteiger charge is 2.23. The first kappa shape index (κ1) is 18.6. The Morgan fingerprint density at radius 2 is 1.76 bits per heavy atom. The van der Waals surface area contributed by atoms with E-state index in [-0.39, 0.29) is 0 Å². The van der Waals surface area contributed by atoms with Gasteiger partial charge in [0.05, 0.1) is 5.69 Å². The van der Waals surface area contributed by atoms with Crippen LogP contribution in [-0.4, -0.2) is 75.4 Å². The smallest absolute Gasteiger partial charge is 0.189 e. The van der Waals surface area contributed by atoms with Gasteiger partial charge in [0, 0.05) is 51.4 Å². The molecule has 9 nitrogen and oxygen atoms in total. The molecule has 0 aliphatic carbocycles. The van der Waals surface area contributed by atoms with Gasteiger partial charge >= 0.3 is 0 Å². The van der Waals surface area contributed by atoms with E-state index >= 15 is 0 Å². The number of rotatable bonds is 4. The molecule has 2 aliphatic heterocycles. The molecule has 0 saturated carbocycles. The first-order valence-corrected chi connectivity index (χ1v) is 11.2. The van der Waals surface area contributed by atoms with Gasteiger partial charge in [-0.15, -0.1) is 15.3 Å². The molecule has 0 amide bonds. The quantitative estimate of drug-likeness (QED) is 0.471. The van der Waals surface area contributed by atoms with E-state index in [1.807, 2.05) is 18.4 Å². The van der Waals surface area contributed by atoms with E-state index in [1.165, 1.54) is 0 Å². The summed E-state index contributed by atoms with van der Waals surface area (Å²) >= 11 is 1.61. The van der Waals surface area contributed by atoms with Crippen LogP contribution in [0, 0.1) is 0 Å². The monoisotopic (exact) mass is 412 g/mol. The molecule has 3 aromatic rings. The van der Waals surface area contributed by atoms with Crippen molar-refractivity contribution < 1.29 is 4.74 Å². The summed E-state index contributed by atoms with van der Waals surface area (Å²) in [5, 5.41) is 13.4. The number of thioether (sulfide) groups is 1. The highest BCUT2D eigenvalue weighted by Crippen LogP contribution is 2.29. The van der Waals surface area contributed by atoms with Gasteiger partial charge in [-0.25, -0.2) is 9.97 Å². The minimum absolute atomic E-state index is 0.470. The Balaban J connectivity index is 1.31. The second-order valence-electron chi connectivity index (χ2n) is 7.32. The predicted octanol–water partition coefficient (Wildman–Crippen LogP) is 1.86. The predicted molar refractivity (Wildman–Crippen MR) is 112 cm³/mol. The van der Waals surface area contributed by atoms with Gasteiger partial charge in [0.1, 0.15) is 18.0 Å². The van der Waals surface area contributed by atoms with E-state index in [1.54, 1.807) is 22.6 Å². The lowest BCUT2D eigenvalue weighted by molar-refractivity contribution is 0.0843. The van der Waals surface area contributed by atoms with Crippen LogP contribution in [0.2, 0.25) is 0 Å². The van der Waals surface area contributed by atoms with Crippen LogP contribution >= 0.6 is 11.8 Å². The van der Waals surface area contributed by atoms with Crippen LogP contribution in [-0.2, 0) is 4.74 Å². The van der Waals surface area contributed by atoms with Crippen molar-refractivity contribution in [3.05, 3.63) is 30.2 Å². The molecule has 5 heterocycles. The van der Waals surface area contributed by atoms with Crippen LogP contribution in [0.3, 0.4) is 0 Å². The average molecular weight is 413 g/mol. The molecular weight excluding hydrogens is 388 g/mol. The Kier molecular flexibility index (Phi) is 5.19. The lowest BCUT2D eigenvalue weighted by Gasteiger charge is -2.36. The molecule has 0 N–H and O–H groups in total. The highest BCUT2D eigenvalue weighted by atomic mass is 32.2. The van der Waals surface area contributed by atoms with E-state index in [2.05, 4.69) is 31.2 Å². The topological polar surface area (TPSA) is 84.6 Å². The number of nitrogens with zero attached hydrogens (tertiary/aromatic N) is 8. The van der Waals surface area contributed by atoms with Crippen LogP contribution < -0.4 is 9.80 Å². The van der Waals surface area contributed by atoms with Gasteiger partial charge in [0.25, 0.3) is 0 Å². The average Bonchev–Trinajstić information content (AvgIpc) is 3.27. The number of hydrogen-bond acceptors (Lipinski definition) is 9. The van der Waals surface area contributed by atoms with Gasteiger partial charge in [0.2, 0.25) is 0 Å². The molecule has 0 atom stereocenters. The van der Waals surface area contributed by atoms with Crippen LogP contribution in [0.4, 0.5) is 11.6 Å². The summed E-state index contributed by atoms with van der Waals surface area (Å²) in [6, 6.07) is 6.16. The second kappa shape index (κ2) is 8.11. The molecule has 3 aromatic heterocycles. The fourth-order valence-electron chi connectivity index (χ4n) is 3.94. The molecule has 0 spiro atoms. The highest BCUT2D eigenvalue weighted by molar-refractivity contribution is 7.98. The zero-order chi connectivity index (χ0) is 19.6. The van der Waals surface area contributed by atoms with Gasteiger partial charge in [0.15, 0.2) is 10.8 Å². The van der Waals surface area contributed by atoms with E-state index in [0.29, 0.717) is 5.92 Å². The summed E-state index contributed by atoms with van der Waals surface area (Å²) < 4.78 is 7.24. The second-order valence-corrected chi connectivity index (χ2v) is 8.10. The molecule has 2 saturated heterocycles. The standard InChI is InChI=1S/C19H24N8OS/c1-29-19-21-15(14-4-10-28-11-5-14)12-18(22-19)26-8-6-25(7-9-26)17-3-2-16-23-20-13-27(16)24-17/h2-3,12-14H,4-11H2,1H3. The summed E-state index contributed by atoms with van der Waals surface area (Å²) in [5.74, 6) is 2.46. The maximum atomic E-state index is 5.52. The molecule has 29 heavy (non-hydrogen) atoms. The summed E-state index contributed by atoms with van der Waals surface area (Å²) in [4.78, 5) is 14.2. The van der Waals surface area contributed by atoms with Crippen molar-refractivity contribution in [2.45, 2.75) is 23.9 Å². The SMILES string of the molecule is CSc1nc(C2CCOCC2)cc(N2CCN(c3ccc4nncn4n3)CC2)n1. The van der Waals surface area contributed by atoms with Crippen LogP contribution in [0.5, 0.6) is 0 Å². The molecule has 152 valence electrons. The molecule has 2 fully saturated rings. The molecule has 10 heteroatoms. The molecule has 0 unspecified atom stereocenters. The van der Waals surface area contributed by atoms with Crippen molar-refractivity contribution in [3.63, 3.8) is 0 Å². The number of aromatic nitrogens is 6.